The summed E-state index contributed by atoms with van der Waals surface area (Å²) >= 11 is 5.94. The molecule has 0 radical (unpaired) electrons. The van der Waals surface area contributed by atoms with Crippen molar-refractivity contribution in [2.75, 3.05) is 5.32 Å². The van der Waals surface area contributed by atoms with Gasteiger partial charge in [-0.3, -0.25) is 4.79 Å². The fourth-order valence-corrected chi connectivity index (χ4v) is 1.74. The molecule has 94 valence electrons. The van der Waals surface area contributed by atoms with Crippen molar-refractivity contribution in [3.8, 4) is 0 Å². The summed E-state index contributed by atoms with van der Waals surface area (Å²) in [7, 11) is 0. The number of nitrogens with zero attached hydrogens (tertiary/aromatic N) is 1. The van der Waals surface area contributed by atoms with Crippen LogP contribution in [0.15, 0.2) is 12.3 Å². The van der Waals surface area contributed by atoms with Crippen LogP contribution in [0.5, 0.6) is 0 Å². The van der Waals surface area contributed by atoms with Crippen molar-refractivity contribution in [3.05, 3.63) is 23.0 Å². The van der Waals surface area contributed by atoms with Crippen molar-refractivity contribution in [3.63, 3.8) is 0 Å². The van der Waals surface area contributed by atoms with Crippen molar-refractivity contribution in [2.45, 2.75) is 39.2 Å². The van der Waals surface area contributed by atoms with E-state index in [9.17, 15) is 4.79 Å². The van der Waals surface area contributed by atoms with Crippen LogP contribution in [0, 0.1) is 6.92 Å². The third-order valence-corrected chi connectivity index (χ3v) is 3.35. The van der Waals surface area contributed by atoms with Crippen molar-refractivity contribution in [2.24, 2.45) is 5.73 Å². The van der Waals surface area contributed by atoms with Crippen LogP contribution >= 0.6 is 11.6 Å². The Labute approximate surface area is 107 Å². The van der Waals surface area contributed by atoms with Gasteiger partial charge in [-0.25, -0.2) is 4.98 Å². The molecule has 0 saturated carbocycles. The van der Waals surface area contributed by atoms with Gasteiger partial charge < -0.3 is 11.1 Å². The maximum atomic E-state index is 12.1. The minimum atomic E-state index is -0.856. The summed E-state index contributed by atoms with van der Waals surface area (Å²) in [5.74, 6) is -0.222. The van der Waals surface area contributed by atoms with E-state index >= 15 is 0 Å². The molecule has 0 aliphatic heterocycles. The van der Waals surface area contributed by atoms with E-state index in [1.165, 1.54) is 0 Å². The average Bonchev–Trinajstić information content (AvgIpc) is 2.32. The molecular weight excluding hydrogens is 238 g/mol. The molecule has 1 aromatic rings. The maximum Gasteiger partial charge on any atom is 0.244 e. The molecule has 4 nitrogen and oxygen atoms in total. The molecule has 0 unspecified atom stereocenters. The number of anilines is 1. The van der Waals surface area contributed by atoms with E-state index in [1.54, 1.807) is 12.3 Å². The number of rotatable bonds is 4. The average molecular weight is 256 g/mol. The number of pyridine rings is 1. The molecule has 0 aliphatic rings. The highest BCUT2D eigenvalue weighted by atomic mass is 35.5. The highest BCUT2D eigenvalue weighted by Crippen LogP contribution is 2.24. The predicted molar refractivity (Wildman–Crippen MR) is 70.1 cm³/mol. The van der Waals surface area contributed by atoms with Gasteiger partial charge in [0.05, 0.1) is 11.2 Å². The molecule has 0 fully saturated rings. The van der Waals surface area contributed by atoms with Gasteiger partial charge in [0.1, 0.15) is 0 Å². The molecule has 0 aromatic carbocycles. The molecule has 1 aromatic heterocycles. The fourth-order valence-electron chi connectivity index (χ4n) is 1.48. The van der Waals surface area contributed by atoms with Crippen LogP contribution in [0.3, 0.4) is 0 Å². The first-order valence-electron chi connectivity index (χ1n) is 5.66. The fraction of sp³-hybridized carbons (Fsp3) is 0.500. The van der Waals surface area contributed by atoms with Crippen molar-refractivity contribution >= 4 is 23.2 Å². The molecule has 1 rings (SSSR count). The molecule has 0 atom stereocenters. The Kier molecular flexibility index (Phi) is 4.48. The van der Waals surface area contributed by atoms with Gasteiger partial charge >= 0.3 is 0 Å². The van der Waals surface area contributed by atoms with E-state index < -0.39 is 5.54 Å². The zero-order valence-electron chi connectivity index (χ0n) is 10.4. The second kappa shape index (κ2) is 5.47. The monoisotopic (exact) mass is 255 g/mol. The molecule has 3 N–H and O–H groups in total. The lowest BCUT2D eigenvalue weighted by Crippen LogP contribution is -2.50. The van der Waals surface area contributed by atoms with Crippen molar-refractivity contribution in [1.29, 1.82) is 0 Å². The largest absolute Gasteiger partial charge is 0.322 e. The summed E-state index contributed by atoms with van der Waals surface area (Å²) in [4.78, 5) is 16.0. The zero-order valence-corrected chi connectivity index (χ0v) is 11.1. The normalized spacial score (nSPS) is 11.4. The molecule has 0 bridgehead atoms. The number of amides is 1. The van der Waals surface area contributed by atoms with Crippen LogP contribution in [0.2, 0.25) is 5.15 Å². The van der Waals surface area contributed by atoms with Gasteiger partial charge in [-0.1, -0.05) is 25.4 Å². The van der Waals surface area contributed by atoms with E-state index in [1.807, 2.05) is 20.8 Å². The zero-order chi connectivity index (χ0) is 13.1. The first-order chi connectivity index (χ1) is 7.94. The van der Waals surface area contributed by atoms with Gasteiger partial charge in [-0.2, -0.15) is 0 Å². The van der Waals surface area contributed by atoms with Gasteiger partial charge in [0.2, 0.25) is 5.91 Å². The SMILES string of the molecule is CCC(N)(CC)C(=O)Nc1c(C)ccnc1Cl. The molecule has 0 spiro atoms. The number of aromatic nitrogens is 1. The third kappa shape index (κ3) is 2.96. The number of halogens is 1. The topological polar surface area (TPSA) is 68.0 Å². The Morgan fingerprint density at radius 2 is 2.12 bits per heavy atom. The number of nitrogens with two attached hydrogens (primary N) is 1. The standard InChI is InChI=1S/C12H18ClN3O/c1-4-12(14,5-2)11(17)16-9-8(3)6-7-15-10(9)13/h6-7H,4-5,14H2,1-3H3,(H,16,17). The Hall–Kier alpha value is -1.13. The second-order valence-electron chi connectivity index (χ2n) is 4.11. The summed E-state index contributed by atoms with van der Waals surface area (Å²) in [5, 5.41) is 3.05. The van der Waals surface area contributed by atoms with Crippen LogP contribution in [-0.4, -0.2) is 16.4 Å². The Balaban J connectivity index is 2.96. The van der Waals surface area contributed by atoms with Gasteiger partial charge in [0, 0.05) is 6.20 Å². The van der Waals surface area contributed by atoms with Crippen LogP contribution in [0.4, 0.5) is 5.69 Å². The summed E-state index contributed by atoms with van der Waals surface area (Å²) in [6, 6.07) is 1.79. The first-order valence-corrected chi connectivity index (χ1v) is 6.03. The Morgan fingerprint density at radius 1 is 1.53 bits per heavy atom. The van der Waals surface area contributed by atoms with E-state index in [-0.39, 0.29) is 11.1 Å². The van der Waals surface area contributed by atoms with Crippen LogP contribution in [-0.2, 0) is 4.79 Å². The summed E-state index contributed by atoms with van der Waals surface area (Å²) in [6.07, 6.45) is 2.75. The van der Waals surface area contributed by atoms with E-state index in [0.29, 0.717) is 18.5 Å². The number of carbonyl (C=O) groups is 1. The maximum absolute atomic E-state index is 12.1. The smallest absolute Gasteiger partial charge is 0.244 e. The highest BCUT2D eigenvalue weighted by molar-refractivity contribution is 6.32. The molecule has 1 amide bonds. The first kappa shape index (κ1) is 13.9. The quantitative estimate of drug-likeness (QED) is 0.813. The highest BCUT2D eigenvalue weighted by Gasteiger charge is 2.30. The Bertz CT molecular complexity index is 396. The lowest BCUT2D eigenvalue weighted by Gasteiger charge is -2.25. The molecule has 5 heteroatoms. The van der Waals surface area contributed by atoms with Crippen LogP contribution in [0.1, 0.15) is 32.3 Å². The second-order valence-corrected chi connectivity index (χ2v) is 4.47. The van der Waals surface area contributed by atoms with Crippen molar-refractivity contribution in [1.82, 2.24) is 4.98 Å². The number of aryl methyl sites for hydroxylation is 1. The Morgan fingerprint density at radius 3 is 2.59 bits per heavy atom. The minimum Gasteiger partial charge on any atom is -0.322 e. The number of nitrogens with one attached hydrogen (secondary N) is 1. The van der Waals surface area contributed by atoms with E-state index in [4.69, 9.17) is 17.3 Å². The minimum absolute atomic E-state index is 0.222. The molecule has 0 saturated heterocycles. The summed E-state index contributed by atoms with van der Waals surface area (Å²) < 4.78 is 0. The number of carbonyl (C=O) groups excluding carboxylic acids is 1. The summed E-state index contributed by atoms with van der Waals surface area (Å²) in [6.45, 7) is 5.64. The molecule has 17 heavy (non-hydrogen) atoms. The van der Waals surface area contributed by atoms with Gasteiger partial charge in [0.25, 0.3) is 0 Å². The number of hydrogen-bond acceptors (Lipinski definition) is 3. The van der Waals surface area contributed by atoms with Gasteiger partial charge in [0.15, 0.2) is 5.15 Å². The summed E-state index contributed by atoms with van der Waals surface area (Å²) in [5.41, 5.74) is 6.56. The van der Waals surface area contributed by atoms with Crippen LogP contribution < -0.4 is 11.1 Å². The lowest BCUT2D eigenvalue weighted by molar-refractivity contribution is -0.121. The van der Waals surface area contributed by atoms with Crippen molar-refractivity contribution < 1.29 is 4.79 Å². The van der Waals surface area contributed by atoms with Crippen LogP contribution in [0.25, 0.3) is 0 Å². The third-order valence-electron chi connectivity index (χ3n) is 3.07. The van der Waals surface area contributed by atoms with E-state index in [0.717, 1.165) is 5.56 Å². The van der Waals surface area contributed by atoms with E-state index in [2.05, 4.69) is 10.3 Å². The predicted octanol–water partition coefficient (Wildman–Crippen LogP) is 2.50. The number of hydrogen-bond donors (Lipinski definition) is 2. The molecule has 0 aliphatic carbocycles. The molecule has 1 heterocycles. The molecular formula is C12H18ClN3O. The van der Waals surface area contributed by atoms with Gasteiger partial charge in [-0.05, 0) is 31.4 Å². The van der Waals surface area contributed by atoms with Gasteiger partial charge in [-0.15, -0.1) is 0 Å². The lowest BCUT2D eigenvalue weighted by atomic mass is 9.93.